The summed E-state index contributed by atoms with van der Waals surface area (Å²) in [5.41, 5.74) is 4.00. The second kappa shape index (κ2) is 6.92. The Balaban J connectivity index is 2.15. The summed E-state index contributed by atoms with van der Waals surface area (Å²) >= 11 is 6.12. The van der Waals surface area contributed by atoms with Crippen LogP contribution in [-0.2, 0) is 6.54 Å². The number of ether oxygens (including phenoxy) is 1. The van der Waals surface area contributed by atoms with Gasteiger partial charge in [-0.05, 0) is 18.2 Å². The van der Waals surface area contributed by atoms with Crippen molar-refractivity contribution in [1.82, 2.24) is 10.3 Å². The van der Waals surface area contributed by atoms with Crippen molar-refractivity contribution in [2.75, 3.05) is 12.5 Å². The molecule has 0 saturated carbocycles. The summed E-state index contributed by atoms with van der Waals surface area (Å²) in [5.74, 6) is 5.69. The molecule has 1 aromatic carbocycles. The maximum atomic E-state index is 12.2. The van der Waals surface area contributed by atoms with E-state index in [1.807, 2.05) is 0 Å². The monoisotopic (exact) mass is 306 g/mol. The summed E-state index contributed by atoms with van der Waals surface area (Å²) < 4.78 is 5.23. The number of nitrogens with zero attached hydrogens (tertiary/aromatic N) is 1. The van der Waals surface area contributed by atoms with Crippen LogP contribution in [0.1, 0.15) is 15.9 Å². The van der Waals surface area contributed by atoms with Crippen molar-refractivity contribution in [2.24, 2.45) is 5.84 Å². The minimum Gasteiger partial charge on any atom is -0.496 e. The van der Waals surface area contributed by atoms with Gasteiger partial charge in [-0.3, -0.25) is 15.6 Å². The van der Waals surface area contributed by atoms with E-state index in [4.69, 9.17) is 22.2 Å². The molecule has 2 aromatic rings. The maximum absolute atomic E-state index is 12.2. The van der Waals surface area contributed by atoms with Crippen molar-refractivity contribution >= 4 is 23.2 Å². The van der Waals surface area contributed by atoms with Gasteiger partial charge in [-0.1, -0.05) is 17.7 Å². The van der Waals surface area contributed by atoms with Gasteiger partial charge in [0, 0.05) is 23.3 Å². The van der Waals surface area contributed by atoms with Gasteiger partial charge in [0.25, 0.3) is 5.91 Å². The van der Waals surface area contributed by atoms with E-state index in [0.29, 0.717) is 27.6 Å². The molecule has 4 N–H and O–H groups in total. The Kier molecular flexibility index (Phi) is 4.97. The molecule has 1 aromatic heterocycles. The largest absolute Gasteiger partial charge is 0.496 e. The number of amides is 1. The molecule has 0 bridgehead atoms. The molecule has 0 aliphatic rings. The lowest BCUT2D eigenvalue weighted by Gasteiger charge is -2.12. The zero-order chi connectivity index (χ0) is 15.2. The van der Waals surface area contributed by atoms with Crippen LogP contribution in [-0.4, -0.2) is 18.0 Å². The standard InChI is InChI=1S/C14H15ClN4O2/c1-21-13-4-2-3-11(15)10(13)7-18-14(20)9-5-6-17-8-12(9)19-16/h2-6,8,19H,7,16H2,1H3,(H,18,20). The van der Waals surface area contributed by atoms with Crippen LogP contribution in [0.3, 0.4) is 0 Å². The number of anilines is 1. The van der Waals surface area contributed by atoms with E-state index in [9.17, 15) is 4.79 Å². The molecule has 0 saturated heterocycles. The second-order valence-corrected chi connectivity index (χ2v) is 4.58. The minimum atomic E-state index is -0.285. The minimum absolute atomic E-state index is 0.244. The van der Waals surface area contributed by atoms with Crippen molar-refractivity contribution < 1.29 is 9.53 Å². The molecule has 0 radical (unpaired) electrons. The summed E-state index contributed by atoms with van der Waals surface area (Å²) in [4.78, 5) is 16.1. The fourth-order valence-electron chi connectivity index (χ4n) is 1.87. The third-order valence-electron chi connectivity index (χ3n) is 2.94. The van der Waals surface area contributed by atoms with Gasteiger partial charge in [-0.15, -0.1) is 0 Å². The number of nitrogens with one attached hydrogen (secondary N) is 2. The molecular formula is C14H15ClN4O2. The third kappa shape index (κ3) is 3.42. The van der Waals surface area contributed by atoms with Crippen LogP contribution < -0.4 is 21.3 Å². The Morgan fingerprint density at radius 2 is 2.24 bits per heavy atom. The highest BCUT2D eigenvalue weighted by Gasteiger charge is 2.13. The van der Waals surface area contributed by atoms with E-state index >= 15 is 0 Å². The van der Waals surface area contributed by atoms with Crippen molar-refractivity contribution in [3.63, 3.8) is 0 Å². The third-order valence-corrected chi connectivity index (χ3v) is 3.30. The van der Waals surface area contributed by atoms with Crippen molar-refractivity contribution in [3.05, 3.63) is 52.8 Å². The van der Waals surface area contributed by atoms with Gasteiger partial charge in [0.2, 0.25) is 0 Å². The molecule has 0 aliphatic heterocycles. The molecule has 1 heterocycles. The molecule has 0 spiro atoms. The number of carbonyl (C=O) groups is 1. The summed E-state index contributed by atoms with van der Waals surface area (Å²) in [5, 5.41) is 3.31. The molecule has 1 amide bonds. The highest BCUT2D eigenvalue weighted by atomic mass is 35.5. The van der Waals surface area contributed by atoms with E-state index < -0.39 is 0 Å². The van der Waals surface area contributed by atoms with Gasteiger partial charge in [0.1, 0.15) is 5.75 Å². The number of rotatable bonds is 5. The normalized spacial score (nSPS) is 10.0. The van der Waals surface area contributed by atoms with Gasteiger partial charge >= 0.3 is 0 Å². The van der Waals surface area contributed by atoms with Gasteiger partial charge in [0.15, 0.2) is 0 Å². The molecular weight excluding hydrogens is 292 g/mol. The van der Waals surface area contributed by atoms with Gasteiger partial charge in [-0.2, -0.15) is 0 Å². The fraction of sp³-hybridized carbons (Fsp3) is 0.143. The Hall–Kier alpha value is -2.31. The van der Waals surface area contributed by atoms with Crippen molar-refractivity contribution in [1.29, 1.82) is 0 Å². The number of benzene rings is 1. The zero-order valence-electron chi connectivity index (χ0n) is 11.4. The van der Waals surface area contributed by atoms with Crippen LogP contribution in [0.5, 0.6) is 5.75 Å². The van der Waals surface area contributed by atoms with E-state index in [-0.39, 0.29) is 12.5 Å². The molecule has 7 heteroatoms. The number of nitrogen functional groups attached to an aromatic ring is 1. The molecule has 0 unspecified atom stereocenters. The zero-order valence-corrected chi connectivity index (χ0v) is 12.1. The first kappa shape index (κ1) is 15.1. The SMILES string of the molecule is COc1cccc(Cl)c1CNC(=O)c1ccncc1NN. The summed E-state index contributed by atoms with van der Waals surface area (Å²) in [7, 11) is 1.55. The Bertz CT molecular complexity index is 649. The van der Waals surface area contributed by atoms with Crippen LogP contribution in [0, 0.1) is 0 Å². The lowest BCUT2D eigenvalue weighted by atomic mass is 10.1. The Morgan fingerprint density at radius 1 is 1.43 bits per heavy atom. The number of carbonyl (C=O) groups excluding carboxylic acids is 1. The van der Waals surface area contributed by atoms with Gasteiger partial charge < -0.3 is 15.5 Å². The average molecular weight is 307 g/mol. The predicted molar refractivity (Wildman–Crippen MR) is 81.2 cm³/mol. The molecule has 0 aliphatic carbocycles. The topological polar surface area (TPSA) is 89.3 Å². The lowest BCUT2D eigenvalue weighted by molar-refractivity contribution is 0.0951. The molecule has 2 rings (SSSR count). The van der Waals surface area contributed by atoms with Crippen LogP contribution in [0.2, 0.25) is 5.02 Å². The van der Waals surface area contributed by atoms with Gasteiger partial charge in [-0.25, -0.2) is 0 Å². The molecule has 6 nitrogen and oxygen atoms in total. The van der Waals surface area contributed by atoms with Crippen molar-refractivity contribution in [3.8, 4) is 5.75 Å². The maximum Gasteiger partial charge on any atom is 0.253 e. The molecule has 110 valence electrons. The lowest BCUT2D eigenvalue weighted by Crippen LogP contribution is -2.25. The Morgan fingerprint density at radius 3 is 2.95 bits per heavy atom. The number of hydrogen-bond donors (Lipinski definition) is 3. The Labute approximate surface area is 127 Å². The van der Waals surface area contributed by atoms with Gasteiger partial charge in [0.05, 0.1) is 24.6 Å². The van der Waals surface area contributed by atoms with Crippen LogP contribution in [0.15, 0.2) is 36.7 Å². The molecule has 21 heavy (non-hydrogen) atoms. The number of hydrazine groups is 1. The number of nitrogens with two attached hydrogens (primary N) is 1. The van der Waals surface area contributed by atoms with Crippen LogP contribution in [0.4, 0.5) is 5.69 Å². The summed E-state index contributed by atoms with van der Waals surface area (Å²) in [6, 6.07) is 6.89. The molecule has 0 atom stereocenters. The number of pyridine rings is 1. The van der Waals surface area contributed by atoms with E-state index in [2.05, 4.69) is 15.7 Å². The number of halogens is 1. The highest BCUT2D eigenvalue weighted by Crippen LogP contribution is 2.26. The van der Waals surface area contributed by atoms with E-state index in [0.717, 1.165) is 0 Å². The number of aromatic nitrogens is 1. The average Bonchev–Trinajstić information content (AvgIpc) is 2.53. The summed E-state index contributed by atoms with van der Waals surface area (Å²) in [6.45, 7) is 0.244. The first-order valence-electron chi connectivity index (χ1n) is 6.17. The smallest absolute Gasteiger partial charge is 0.253 e. The molecule has 0 fully saturated rings. The quantitative estimate of drug-likeness (QED) is 0.580. The van der Waals surface area contributed by atoms with Crippen LogP contribution in [0.25, 0.3) is 0 Å². The summed E-state index contributed by atoms with van der Waals surface area (Å²) in [6.07, 6.45) is 3.00. The number of hydrogen-bond acceptors (Lipinski definition) is 5. The highest BCUT2D eigenvalue weighted by molar-refractivity contribution is 6.31. The fourth-order valence-corrected chi connectivity index (χ4v) is 2.11. The van der Waals surface area contributed by atoms with Crippen molar-refractivity contribution in [2.45, 2.75) is 6.54 Å². The van der Waals surface area contributed by atoms with E-state index in [1.165, 1.54) is 12.4 Å². The van der Waals surface area contributed by atoms with Crippen LogP contribution >= 0.6 is 11.6 Å². The second-order valence-electron chi connectivity index (χ2n) is 4.17. The predicted octanol–water partition coefficient (Wildman–Crippen LogP) is 1.96. The first-order chi connectivity index (χ1) is 10.2. The first-order valence-corrected chi connectivity index (χ1v) is 6.55. The number of methoxy groups -OCH3 is 1. The van der Waals surface area contributed by atoms with E-state index in [1.54, 1.807) is 31.4 Å².